The lowest BCUT2D eigenvalue weighted by Crippen LogP contribution is -2.21. The molecule has 1 heterocycles. The number of nitrogens with zero attached hydrogens (tertiary/aromatic N) is 1. The molecule has 0 spiro atoms. The summed E-state index contributed by atoms with van der Waals surface area (Å²) in [5.41, 5.74) is 6.16. The highest BCUT2D eigenvalue weighted by molar-refractivity contribution is 5.95. The van der Waals surface area contributed by atoms with Crippen molar-refractivity contribution in [3.05, 3.63) is 58.5 Å². The molecule has 0 aliphatic carbocycles. The average Bonchev–Trinajstić information content (AvgIpc) is 2.49. The number of carbonyl (C=O) groups excluding carboxylic acids is 1. The van der Waals surface area contributed by atoms with E-state index in [0.29, 0.717) is 11.4 Å². The largest absolute Gasteiger partial charge is 0.497 e. The van der Waals surface area contributed by atoms with Gasteiger partial charge in [0.25, 0.3) is 5.56 Å². The van der Waals surface area contributed by atoms with Crippen molar-refractivity contribution >= 4 is 11.7 Å². The predicted molar refractivity (Wildman–Crippen MR) is 78.4 cm³/mol. The Morgan fingerprint density at radius 1 is 1.29 bits per heavy atom. The van der Waals surface area contributed by atoms with Crippen molar-refractivity contribution in [2.45, 2.75) is 6.54 Å². The molecule has 0 saturated heterocycles. The van der Waals surface area contributed by atoms with Crippen LogP contribution in [-0.2, 0) is 11.3 Å². The maximum Gasteiger partial charge on any atom is 0.340 e. The Bertz CT molecular complexity index is 694. The summed E-state index contributed by atoms with van der Waals surface area (Å²) in [6, 6.07) is 9.60. The van der Waals surface area contributed by atoms with Crippen molar-refractivity contribution in [1.82, 2.24) is 4.57 Å². The number of rotatable bonds is 5. The fourth-order valence-corrected chi connectivity index (χ4v) is 1.80. The van der Waals surface area contributed by atoms with Gasteiger partial charge in [-0.1, -0.05) is 6.07 Å². The monoisotopic (exact) mass is 288 g/mol. The SMILES string of the molecule is COc1ccc(N)c(C(=O)OCCn2ccccc2=O)c1. The molecule has 0 atom stereocenters. The third-order valence-electron chi connectivity index (χ3n) is 2.94. The molecule has 6 heteroatoms. The third kappa shape index (κ3) is 3.62. The fraction of sp³-hybridized carbons (Fsp3) is 0.200. The number of pyridine rings is 1. The zero-order chi connectivity index (χ0) is 15.2. The minimum Gasteiger partial charge on any atom is -0.497 e. The number of hydrogen-bond acceptors (Lipinski definition) is 5. The van der Waals surface area contributed by atoms with Crippen molar-refractivity contribution in [2.24, 2.45) is 0 Å². The van der Waals surface area contributed by atoms with Crippen molar-refractivity contribution in [3.8, 4) is 5.75 Å². The second-order valence-electron chi connectivity index (χ2n) is 4.32. The Hall–Kier alpha value is -2.76. The molecule has 0 radical (unpaired) electrons. The Morgan fingerprint density at radius 3 is 2.81 bits per heavy atom. The summed E-state index contributed by atoms with van der Waals surface area (Å²) in [5.74, 6) is -0.0224. The van der Waals surface area contributed by atoms with Gasteiger partial charge in [-0.05, 0) is 24.3 Å². The van der Waals surface area contributed by atoms with Crippen LogP contribution in [0.15, 0.2) is 47.4 Å². The van der Waals surface area contributed by atoms with Gasteiger partial charge in [-0.15, -0.1) is 0 Å². The standard InChI is InChI=1S/C15H16N2O4/c1-20-11-5-6-13(16)12(10-11)15(19)21-9-8-17-7-3-2-4-14(17)18/h2-7,10H,8-9,16H2,1H3. The summed E-state index contributed by atoms with van der Waals surface area (Å²) in [6.07, 6.45) is 1.63. The number of benzene rings is 1. The molecule has 2 aromatic rings. The summed E-state index contributed by atoms with van der Waals surface area (Å²) in [5, 5.41) is 0. The lowest BCUT2D eigenvalue weighted by molar-refractivity contribution is 0.0491. The van der Waals surface area contributed by atoms with Crippen LogP contribution in [0.5, 0.6) is 5.75 Å². The molecule has 0 amide bonds. The van der Waals surface area contributed by atoms with E-state index in [4.69, 9.17) is 15.2 Å². The molecule has 0 saturated carbocycles. The van der Waals surface area contributed by atoms with Crippen LogP contribution in [0.25, 0.3) is 0 Å². The number of nitrogens with two attached hydrogens (primary N) is 1. The number of methoxy groups -OCH3 is 1. The third-order valence-corrected chi connectivity index (χ3v) is 2.94. The summed E-state index contributed by atoms with van der Waals surface area (Å²) in [4.78, 5) is 23.5. The van der Waals surface area contributed by atoms with E-state index in [1.165, 1.54) is 23.8 Å². The van der Waals surface area contributed by atoms with Gasteiger partial charge < -0.3 is 19.8 Å². The Morgan fingerprint density at radius 2 is 2.10 bits per heavy atom. The molecule has 0 bridgehead atoms. The molecule has 1 aromatic carbocycles. The summed E-state index contributed by atoms with van der Waals surface area (Å²) in [7, 11) is 1.50. The van der Waals surface area contributed by atoms with Crippen molar-refractivity contribution < 1.29 is 14.3 Å². The van der Waals surface area contributed by atoms with Crippen molar-refractivity contribution in [2.75, 3.05) is 19.5 Å². The van der Waals surface area contributed by atoms with Gasteiger partial charge in [0, 0.05) is 18.0 Å². The minimum absolute atomic E-state index is 0.0827. The van der Waals surface area contributed by atoms with Gasteiger partial charge in [0.15, 0.2) is 0 Å². The summed E-state index contributed by atoms with van der Waals surface area (Å²) in [6.45, 7) is 0.370. The molecule has 0 fully saturated rings. The molecular weight excluding hydrogens is 272 g/mol. The molecule has 2 N–H and O–H groups in total. The van der Waals surface area contributed by atoms with Gasteiger partial charge >= 0.3 is 5.97 Å². The topological polar surface area (TPSA) is 83.5 Å². The zero-order valence-electron chi connectivity index (χ0n) is 11.6. The minimum atomic E-state index is -0.546. The van der Waals surface area contributed by atoms with Crippen LogP contribution in [0, 0.1) is 0 Å². The molecule has 0 aliphatic rings. The molecule has 2 rings (SSSR count). The van der Waals surface area contributed by atoms with Gasteiger partial charge in [-0.3, -0.25) is 4.79 Å². The highest BCUT2D eigenvalue weighted by Crippen LogP contribution is 2.20. The molecule has 21 heavy (non-hydrogen) atoms. The first-order valence-corrected chi connectivity index (χ1v) is 6.38. The van der Waals surface area contributed by atoms with E-state index in [2.05, 4.69) is 0 Å². The van der Waals surface area contributed by atoms with Crippen LogP contribution < -0.4 is 16.0 Å². The quantitative estimate of drug-likeness (QED) is 0.662. The zero-order valence-corrected chi connectivity index (χ0v) is 11.6. The van der Waals surface area contributed by atoms with Gasteiger partial charge in [0.2, 0.25) is 0 Å². The van der Waals surface area contributed by atoms with E-state index in [0.717, 1.165) is 0 Å². The van der Waals surface area contributed by atoms with Crippen molar-refractivity contribution in [3.63, 3.8) is 0 Å². The van der Waals surface area contributed by atoms with E-state index >= 15 is 0 Å². The summed E-state index contributed by atoms with van der Waals surface area (Å²) < 4.78 is 11.6. The normalized spacial score (nSPS) is 10.1. The first-order valence-electron chi connectivity index (χ1n) is 6.38. The predicted octanol–water partition coefficient (Wildman–Crippen LogP) is 1.30. The van der Waals surface area contributed by atoms with E-state index in [9.17, 15) is 9.59 Å². The van der Waals surface area contributed by atoms with Gasteiger partial charge in [-0.25, -0.2) is 4.79 Å². The van der Waals surface area contributed by atoms with Crippen LogP contribution in [-0.4, -0.2) is 24.3 Å². The van der Waals surface area contributed by atoms with Crippen LogP contribution in [0.1, 0.15) is 10.4 Å². The molecular formula is C15H16N2O4. The van der Waals surface area contributed by atoms with Crippen LogP contribution >= 0.6 is 0 Å². The van der Waals surface area contributed by atoms with Crippen LogP contribution in [0.2, 0.25) is 0 Å². The number of esters is 1. The molecule has 6 nitrogen and oxygen atoms in total. The number of ether oxygens (including phenoxy) is 2. The lowest BCUT2D eigenvalue weighted by Gasteiger charge is -2.09. The van der Waals surface area contributed by atoms with E-state index in [-0.39, 0.29) is 24.3 Å². The number of aromatic nitrogens is 1. The van der Waals surface area contributed by atoms with E-state index in [1.54, 1.807) is 30.5 Å². The number of anilines is 1. The van der Waals surface area contributed by atoms with Gasteiger partial charge in [0.1, 0.15) is 12.4 Å². The molecule has 0 aliphatic heterocycles. The highest BCUT2D eigenvalue weighted by atomic mass is 16.5. The second kappa shape index (κ2) is 6.60. The highest BCUT2D eigenvalue weighted by Gasteiger charge is 2.12. The summed E-state index contributed by atoms with van der Waals surface area (Å²) >= 11 is 0. The van der Waals surface area contributed by atoms with E-state index < -0.39 is 5.97 Å². The molecule has 0 unspecified atom stereocenters. The Labute approximate surface area is 121 Å². The van der Waals surface area contributed by atoms with Crippen molar-refractivity contribution in [1.29, 1.82) is 0 Å². The maximum atomic E-state index is 12.0. The van der Waals surface area contributed by atoms with Gasteiger partial charge in [0.05, 0.1) is 19.2 Å². The van der Waals surface area contributed by atoms with E-state index in [1.807, 2.05) is 0 Å². The smallest absolute Gasteiger partial charge is 0.340 e. The first-order chi connectivity index (χ1) is 10.1. The van der Waals surface area contributed by atoms with Gasteiger partial charge in [-0.2, -0.15) is 0 Å². The molecule has 110 valence electrons. The molecule has 1 aromatic heterocycles. The first kappa shape index (κ1) is 14.6. The second-order valence-corrected chi connectivity index (χ2v) is 4.32. The number of hydrogen-bond donors (Lipinski definition) is 1. The lowest BCUT2D eigenvalue weighted by atomic mass is 10.2. The van der Waals surface area contributed by atoms with Crippen LogP contribution in [0.3, 0.4) is 0 Å². The van der Waals surface area contributed by atoms with Crippen LogP contribution in [0.4, 0.5) is 5.69 Å². The number of carbonyl (C=O) groups is 1. The number of nitrogen functional groups attached to an aromatic ring is 1. The Kier molecular flexibility index (Phi) is 4.61. The fourth-order valence-electron chi connectivity index (χ4n) is 1.80. The maximum absolute atomic E-state index is 12.0. The average molecular weight is 288 g/mol. The Balaban J connectivity index is 1.99.